The molecule has 1 aromatic carbocycles. The van der Waals surface area contributed by atoms with Crippen molar-refractivity contribution in [2.45, 2.75) is 57.9 Å². The number of rotatable bonds is 4. The van der Waals surface area contributed by atoms with E-state index in [0.29, 0.717) is 36.6 Å². The molecular formula is C21H26ClF2NO3. The molecule has 0 N–H and O–H groups in total. The Labute approximate surface area is 169 Å². The molecule has 1 aromatic rings. The predicted molar refractivity (Wildman–Crippen MR) is 102 cm³/mol. The van der Waals surface area contributed by atoms with Gasteiger partial charge in [0.2, 0.25) is 11.8 Å². The quantitative estimate of drug-likeness (QED) is 0.399. The maximum atomic E-state index is 14.6. The lowest BCUT2D eigenvalue weighted by Crippen LogP contribution is -2.40. The van der Waals surface area contributed by atoms with E-state index in [1.807, 2.05) is 6.92 Å². The number of carbonyl (C=O) groups excluding carboxylic acids is 2. The number of amides is 1. The van der Waals surface area contributed by atoms with Crippen LogP contribution in [0.3, 0.4) is 0 Å². The summed E-state index contributed by atoms with van der Waals surface area (Å²) in [4.78, 5) is 26.4. The first-order valence-corrected chi connectivity index (χ1v) is 10.2. The zero-order chi connectivity index (χ0) is 20.5. The number of alkyl halides is 2. The van der Waals surface area contributed by atoms with Crippen LogP contribution in [0.15, 0.2) is 24.3 Å². The van der Waals surface area contributed by atoms with Gasteiger partial charge in [0, 0.05) is 36.4 Å². The molecule has 0 bridgehead atoms. The van der Waals surface area contributed by atoms with Crippen molar-refractivity contribution in [1.29, 1.82) is 0 Å². The fraction of sp³-hybridized carbons (Fsp3) is 0.619. The smallest absolute Gasteiger partial charge is 0.314 e. The van der Waals surface area contributed by atoms with Gasteiger partial charge in [-0.2, -0.15) is 0 Å². The van der Waals surface area contributed by atoms with Crippen LogP contribution in [0.4, 0.5) is 8.78 Å². The zero-order valence-corrected chi connectivity index (χ0v) is 16.9. The van der Waals surface area contributed by atoms with Gasteiger partial charge in [0.1, 0.15) is 5.75 Å². The number of hydrogen-bond donors (Lipinski definition) is 0. The number of hydrogen-bond acceptors (Lipinski definition) is 3. The van der Waals surface area contributed by atoms with Crippen LogP contribution in [0, 0.1) is 17.8 Å². The Bertz CT molecular complexity index is 725. The molecule has 2 aliphatic rings. The lowest BCUT2D eigenvalue weighted by molar-refractivity contribution is -0.141. The Hall–Kier alpha value is -1.69. The number of halogens is 3. The van der Waals surface area contributed by atoms with Gasteiger partial charge in [-0.15, -0.1) is 0 Å². The highest BCUT2D eigenvalue weighted by Crippen LogP contribution is 2.41. The monoisotopic (exact) mass is 413 g/mol. The highest BCUT2D eigenvalue weighted by molar-refractivity contribution is 6.30. The predicted octanol–water partition coefficient (Wildman–Crippen LogP) is 4.94. The zero-order valence-electron chi connectivity index (χ0n) is 16.2. The molecule has 28 heavy (non-hydrogen) atoms. The largest absolute Gasteiger partial charge is 0.426 e. The first-order chi connectivity index (χ1) is 13.2. The summed E-state index contributed by atoms with van der Waals surface area (Å²) >= 11 is 5.82. The van der Waals surface area contributed by atoms with Crippen molar-refractivity contribution in [1.82, 2.24) is 4.90 Å². The van der Waals surface area contributed by atoms with E-state index in [4.69, 9.17) is 16.3 Å². The van der Waals surface area contributed by atoms with Gasteiger partial charge >= 0.3 is 5.97 Å². The molecule has 0 aromatic heterocycles. The van der Waals surface area contributed by atoms with Crippen molar-refractivity contribution in [3.05, 3.63) is 29.3 Å². The van der Waals surface area contributed by atoms with Crippen molar-refractivity contribution in [3.63, 3.8) is 0 Å². The van der Waals surface area contributed by atoms with E-state index in [-0.39, 0.29) is 24.7 Å². The van der Waals surface area contributed by atoms with Crippen molar-refractivity contribution >= 4 is 23.5 Å². The standard InChI is InChI=1S/C21H26ClF2NO3/c1-13-9-10-25(19(13)26)17-6-3-15(11-21(23,24)12-17)14(2)20(27)28-18-7-4-16(22)5-8-18/h4-5,7-8,13-15,17H,3,6,9-12H2,1-2H3/t13-,14?,15?,17?/m0/s1. The van der Waals surface area contributed by atoms with E-state index in [0.717, 1.165) is 0 Å². The number of esters is 1. The van der Waals surface area contributed by atoms with Crippen molar-refractivity contribution in [3.8, 4) is 5.75 Å². The Morgan fingerprint density at radius 3 is 2.50 bits per heavy atom. The topological polar surface area (TPSA) is 46.6 Å². The van der Waals surface area contributed by atoms with Crippen molar-refractivity contribution in [2.24, 2.45) is 17.8 Å². The van der Waals surface area contributed by atoms with Gasteiger partial charge in [-0.1, -0.05) is 25.4 Å². The number of benzene rings is 1. The Morgan fingerprint density at radius 2 is 1.89 bits per heavy atom. The van der Waals surface area contributed by atoms with Crippen LogP contribution < -0.4 is 4.74 Å². The third-order valence-electron chi connectivity index (χ3n) is 6.03. The molecule has 2 fully saturated rings. The average Bonchev–Trinajstić information content (AvgIpc) is 2.87. The molecule has 1 aliphatic carbocycles. The van der Waals surface area contributed by atoms with Crippen LogP contribution in [0.25, 0.3) is 0 Å². The summed E-state index contributed by atoms with van der Waals surface area (Å²) in [6.45, 7) is 4.02. The van der Waals surface area contributed by atoms with Gasteiger partial charge in [-0.3, -0.25) is 9.59 Å². The summed E-state index contributed by atoms with van der Waals surface area (Å²) in [6.07, 6.45) is 0.972. The second kappa shape index (κ2) is 8.36. The van der Waals surface area contributed by atoms with E-state index in [1.54, 1.807) is 36.1 Å². The first kappa shape index (κ1) is 21.0. The number of nitrogens with zero attached hydrogens (tertiary/aromatic N) is 1. The lowest BCUT2D eigenvalue weighted by atomic mass is 9.86. The van der Waals surface area contributed by atoms with Gasteiger partial charge in [-0.05, 0) is 49.4 Å². The van der Waals surface area contributed by atoms with Gasteiger partial charge < -0.3 is 9.64 Å². The number of ether oxygens (including phenoxy) is 1. The maximum Gasteiger partial charge on any atom is 0.314 e. The molecule has 3 unspecified atom stereocenters. The summed E-state index contributed by atoms with van der Waals surface area (Å²) in [5.41, 5.74) is 0. The van der Waals surface area contributed by atoms with E-state index >= 15 is 0 Å². The van der Waals surface area contributed by atoms with E-state index < -0.39 is 29.8 Å². The van der Waals surface area contributed by atoms with Crippen LogP contribution in [-0.2, 0) is 9.59 Å². The van der Waals surface area contributed by atoms with Crippen LogP contribution in [-0.4, -0.2) is 35.3 Å². The highest BCUT2D eigenvalue weighted by atomic mass is 35.5. The van der Waals surface area contributed by atoms with E-state index in [9.17, 15) is 18.4 Å². The molecule has 1 amide bonds. The summed E-state index contributed by atoms with van der Waals surface area (Å²) in [5.74, 6) is -4.37. The van der Waals surface area contributed by atoms with Gasteiger partial charge in [0.05, 0.1) is 5.92 Å². The molecule has 1 aliphatic heterocycles. The third kappa shape index (κ3) is 4.83. The fourth-order valence-corrected chi connectivity index (χ4v) is 4.36. The molecule has 1 saturated carbocycles. The SMILES string of the molecule is CC(C(=O)Oc1ccc(Cl)cc1)C1CCC(N2CC[C@H](C)C2=O)CC(F)(F)C1. The first-order valence-electron chi connectivity index (χ1n) is 9.82. The molecule has 1 heterocycles. The lowest BCUT2D eigenvalue weighted by Gasteiger charge is -2.29. The molecular weight excluding hydrogens is 388 g/mol. The summed E-state index contributed by atoms with van der Waals surface area (Å²) < 4.78 is 34.6. The highest BCUT2D eigenvalue weighted by Gasteiger charge is 2.45. The number of carbonyl (C=O) groups is 2. The normalized spacial score (nSPS) is 28.7. The van der Waals surface area contributed by atoms with Gasteiger partial charge in [0.25, 0.3) is 0 Å². The molecule has 4 atom stereocenters. The van der Waals surface area contributed by atoms with Crippen LogP contribution in [0.2, 0.25) is 5.02 Å². The summed E-state index contributed by atoms with van der Waals surface area (Å²) in [6, 6.07) is 5.90. The molecule has 0 radical (unpaired) electrons. The molecule has 4 nitrogen and oxygen atoms in total. The fourth-order valence-electron chi connectivity index (χ4n) is 4.23. The average molecular weight is 414 g/mol. The third-order valence-corrected chi connectivity index (χ3v) is 6.28. The van der Waals surface area contributed by atoms with Gasteiger partial charge in [0.15, 0.2) is 0 Å². The van der Waals surface area contributed by atoms with Crippen LogP contribution in [0.5, 0.6) is 5.75 Å². The minimum absolute atomic E-state index is 0.0329. The molecule has 154 valence electrons. The Kier molecular flexibility index (Phi) is 6.28. The molecule has 3 rings (SSSR count). The second-order valence-corrected chi connectivity index (χ2v) is 8.58. The second-order valence-electron chi connectivity index (χ2n) is 8.14. The maximum absolute atomic E-state index is 14.6. The Morgan fingerprint density at radius 1 is 1.21 bits per heavy atom. The van der Waals surface area contributed by atoms with E-state index in [1.165, 1.54) is 0 Å². The van der Waals surface area contributed by atoms with Crippen molar-refractivity contribution < 1.29 is 23.1 Å². The van der Waals surface area contributed by atoms with Crippen molar-refractivity contribution in [2.75, 3.05) is 6.54 Å². The Balaban J connectivity index is 1.66. The van der Waals surface area contributed by atoms with Crippen LogP contribution in [0.1, 0.15) is 46.0 Å². The van der Waals surface area contributed by atoms with Gasteiger partial charge in [-0.25, -0.2) is 8.78 Å². The van der Waals surface area contributed by atoms with Crippen LogP contribution >= 0.6 is 11.6 Å². The minimum Gasteiger partial charge on any atom is -0.426 e. The molecule has 1 saturated heterocycles. The summed E-state index contributed by atoms with van der Waals surface area (Å²) in [5, 5.41) is 0.521. The minimum atomic E-state index is -2.91. The molecule has 0 spiro atoms. The van der Waals surface area contributed by atoms with E-state index in [2.05, 4.69) is 0 Å². The molecule has 7 heteroatoms. The number of likely N-dealkylation sites (tertiary alicyclic amines) is 1. The summed E-state index contributed by atoms with van der Waals surface area (Å²) in [7, 11) is 0.